The molecule has 0 fully saturated rings. The van der Waals surface area contributed by atoms with Gasteiger partial charge in [0.1, 0.15) is 5.75 Å². The second kappa shape index (κ2) is 6.99. The van der Waals surface area contributed by atoms with Crippen molar-refractivity contribution in [2.75, 3.05) is 27.2 Å². The average Bonchev–Trinajstić information content (AvgIpc) is 2.30. The summed E-state index contributed by atoms with van der Waals surface area (Å²) in [4.78, 5) is 2.29. The molecule has 4 heteroatoms. The molecule has 1 unspecified atom stereocenters. The van der Waals surface area contributed by atoms with E-state index >= 15 is 0 Å². The van der Waals surface area contributed by atoms with Crippen LogP contribution in [0.5, 0.6) is 5.75 Å². The van der Waals surface area contributed by atoms with Gasteiger partial charge in [0, 0.05) is 12.6 Å². The highest BCUT2D eigenvalue weighted by molar-refractivity contribution is 9.10. The van der Waals surface area contributed by atoms with E-state index in [2.05, 4.69) is 46.9 Å². The molecule has 0 saturated heterocycles. The van der Waals surface area contributed by atoms with E-state index in [-0.39, 0.29) is 6.04 Å². The fourth-order valence-electron chi connectivity index (χ4n) is 1.97. The highest BCUT2D eigenvalue weighted by atomic mass is 79.9. The van der Waals surface area contributed by atoms with Crippen LogP contribution in [-0.4, -0.2) is 32.1 Å². The number of hydrogen-bond acceptors (Lipinski definition) is 3. The normalized spacial score (nSPS) is 12.8. The molecule has 0 aromatic heterocycles. The molecule has 17 heavy (non-hydrogen) atoms. The summed E-state index contributed by atoms with van der Waals surface area (Å²) in [5.74, 6) is 0.850. The second-order valence-corrected chi connectivity index (χ2v) is 4.98. The topological polar surface area (TPSA) is 38.5 Å². The minimum absolute atomic E-state index is 0.261. The quantitative estimate of drug-likeness (QED) is 0.878. The van der Waals surface area contributed by atoms with E-state index in [4.69, 9.17) is 10.5 Å². The lowest BCUT2D eigenvalue weighted by Gasteiger charge is -2.27. The summed E-state index contributed by atoms with van der Waals surface area (Å²) in [6.45, 7) is 3.84. The maximum absolute atomic E-state index is 5.87. The van der Waals surface area contributed by atoms with E-state index in [9.17, 15) is 0 Å². The Bertz CT molecular complexity index is 357. The van der Waals surface area contributed by atoms with Crippen molar-refractivity contribution in [3.63, 3.8) is 0 Å². The fraction of sp³-hybridized carbons (Fsp3) is 0.538. The molecular formula is C13H21BrN2O. The van der Waals surface area contributed by atoms with Crippen molar-refractivity contribution in [1.82, 2.24) is 4.90 Å². The second-order valence-electron chi connectivity index (χ2n) is 4.13. The fourth-order valence-corrected chi connectivity index (χ4v) is 2.53. The van der Waals surface area contributed by atoms with Crippen LogP contribution < -0.4 is 10.5 Å². The first kappa shape index (κ1) is 14.5. The van der Waals surface area contributed by atoms with Crippen LogP contribution in [0.2, 0.25) is 0 Å². The Morgan fingerprint density at radius 2 is 2.18 bits per heavy atom. The molecule has 3 nitrogen and oxygen atoms in total. The average molecular weight is 301 g/mol. The molecule has 1 rings (SSSR count). The molecule has 0 bridgehead atoms. The highest BCUT2D eigenvalue weighted by Crippen LogP contribution is 2.29. The van der Waals surface area contributed by atoms with Crippen molar-refractivity contribution in [3.8, 4) is 5.75 Å². The number of benzene rings is 1. The predicted molar refractivity (Wildman–Crippen MR) is 75.4 cm³/mol. The Kier molecular flexibility index (Phi) is 5.95. The molecule has 0 spiro atoms. The summed E-state index contributed by atoms with van der Waals surface area (Å²) in [5, 5.41) is 0. The molecule has 96 valence electrons. The predicted octanol–water partition coefficient (Wildman–Crippen LogP) is 2.80. The van der Waals surface area contributed by atoms with Crippen LogP contribution in [0.4, 0.5) is 0 Å². The Morgan fingerprint density at radius 1 is 1.47 bits per heavy atom. The largest absolute Gasteiger partial charge is 0.496 e. The van der Waals surface area contributed by atoms with Gasteiger partial charge in [0.15, 0.2) is 0 Å². The van der Waals surface area contributed by atoms with Crippen LogP contribution in [0.25, 0.3) is 0 Å². The lowest BCUT2D eigenvalue weighted by Crippen LogP contribution is -2.31. The lowest BCUT2D eigenvalue weighted by atomic mass is 10.1. The summed E-state index contributed by atoms with van der Waals surface area (Å²) in [7, 11) is 3.78. The highest BCUT2D eigenvalue weighted by Gasteiger charge is 2.15. The number of rotatable bonds is 6. The number of nitrogens with two attached hydrogens (primary N) is 1. The van der Waals surface area contributed by atoms with Crippen molar-refractivity contribution in [2.45, 2.75) is 19.4 Å². The zero-order chi connectivity index (χ0) is 12.8. The van der Waals surface area contributed by atoms with Crippen molar-refractivity contribution in [3.05, 3.63) is 28.2 Å². The van der Waals surface area contributed by atoms with Gasteiger partial charge < -0.3 is 10.5 Å². The summed E-state index contributed by atoms with van der Waals surface area (Å²) in [5.41, 5.74) is 7.09. The Hall–Kier alpha value is -0.580. The van der Waals surface area contributed by atoms with E-state index in [1.807, 2.05) is 6.07 Å². The molecule has 0 radical (unpaired) electrons. The van der Waals surface area contributed by atoms with Gasteiger partial charge in [-0.1, -0.05) is 13.0 Å². The smallest absolute Gasteiger partial charge is 0.133 e. The van der Waals surface area contributed by atoms with Crippen molar-refractivity contribution in [2.24, 2.45) is 5.73 Å². The summed E-state index contributed by atoms with van der Waals surface area (Å²) < 4.78 is 6.20. The third-order valence-corrected chi connectivity index (χ3v) is 3.51. The third kappa shape index (κ3) is 3.69. The number of methoxy groups -OCH3 is 1. The van der Waals surface area contributed by atoms with Crippen LogP contribution in [0.15, 0.2) is 22.7 Å². The molecule has 1 aromatic rings. The first-order valence-electron chi connectivity index (χ1n) is 5.87. The van der Waals surface area contributed by atoms with E-state index < -0.39 is 0 Å². The van der Waals surface area contributed by atoms with E-state index in [1.54, 1.807) is 7.11 Å². The van der Waals surface area contributed by atoms with Gasteiger partial charge in [0.25, 0.3) is 0 Å². The molecule has 1 aromatic carbocycles. The number of ether oxygens (including phenoxy) is 1. The molecule has 2 N–H and O–H groups in total. The first-order valence-corrected chi connectivity index (χ1v) is 6.67. The molecule has 0 aliphatic rings. The van der Waals surface area contributed by atoms with Crippen LogP contribution in [0.3, 0.4) is 0 Å². The Morgan fingerprint density at radius 3 is 2.65 bits per heavy atom. The van der Waals surface area contributed by atoms with Crippen molar-refractivity contribution >= 4 is 15.9 Å². The van der Waals surface area contributed by atoms with Gasteiger partial charge in [-0.25, -0.2) is 0 Å². The van der Waals surface area contributed by atoms with Gasteiger partial charge in [-0.15, -0.1) is 0 Å². The van der Waals surface area contributed by atoms with Gasteiger partial charge in [-0.05, 0) is 53.6 Å². The molecule has 0 amide bonds. The maximum atomic E-state index is 5.87. The van der Waals surface area contributed by atoms with Gasteiger partial charge >= 0.3 is 0 Å². The number of likely N-dealkylation sites (N-methyl/N-ethyl adjacent to an activating group) is 1. The third-order valence-electron chi connectivity index (χ3n) is 2.89. The monoisotopic (exact) mass is 300 g/mol. The van der Waals surface area contributed by atoms with Crippen LogP contribution >= 0.6 is 15.9 Å². The molecule has 0 saturated carbocycles. The maximum Gasteiger partial charge on any atom is 0.133 e. The molecular weight excluding hydrogens is 280 g/mol. The van der Waals surface area contributed by atoms with Gasteiger partial charge in [-0.3, -0.25) is 4.90 Å². The molecule has 0 aliphatic heterocycles. The molecule has 0 heterocycles. The standard InChI is InChI=1S/C13H21BrN2O/c1-4-7-16(2)12(9-15)10-5-6-13(17-3)11(14)8-10/h5-6,8,12H,4,7,9,15H2,1-3H3. The lowest BCUT2D eigenvalue weighted by molar-refractivity contribution is 0.250. The SMILES string of the molecule is CCCN(C)C(CN)c1ccc(OC)c(Br)c1. The van der Waals surface area contributed by atoms with Crippen LogP contribution in [-0.2, 0) is 0 Å². The first-order chi connectivity index (χ1) is 8.13. The minimum atomic E-state index is 0.261. The van der Waals surface area contributed by atoms with E-state index in [1.165, 1.54) is 5.56 Å². The van der Waals surface area contributed by atoms with Crippen LogP contribution in [0.1, 0.15) is 24.9 Å². The summed E-state index contributed by atoms with van der Waals surface area (Å²) >= 11 is 3.51. The zero-order valence-electron chi connectivity index (χ0n) is 10.7. The van der Waals surface area contributed by atoms with Gasteiger partial charge in [0.2, 0.25) is 0 Å². The van der Waals surface area contributed by atoms with E-state index in [0.717, 1.165) is 23.2 Å². The zero-order valence-corrected chi connectivity index (χ0v) is 12.3. The summed E-state index contributed by atoms with van der Waals surface area (Å²) in [6.07, 6.45) is 1.13. The number of halogens is 1. The summed E-state index contributed by atoms with van der Waals surface area (Å²) in [6, 6.07) is 6.40. The Labute approximate surface area is 112 Å². The van der Waals surface area contributed by atoms with Gasteiger partial charge in [0.05, 0.1) is 11.6 Å². The van der Waals surface area contributed by atoms with Crippen molar-refractivity contribution < 1.29 is 4.74 Å². The molecule has 0 aliphatic carbocycles. The number of nitrogens with zero attached hydrogens (tertiary/aromatic N) is 1. The Balaban J connectivity index is 2.92. The van der Waals surface area contributed by atoms with Gasteiger partial charge in [-0.2, -0.15) is 0 Å². The minimum Gasteiger partial charge on any atom is -0.496 e. The number of hydrogen-bond donors (Lipinski definition) is 1. The molecule has 1 atom stereocenters. The van der Waals surface area contributed by atoms with Crippen LogP contribution in [0, 0.1) is 0 Å². The van der Waals surface area contributed by atoms with E-state index in [0.29, 0.717) is 6.54 Å². The van der Waals surface area contributed by atoms with Crippen molar-refractivity contribution in [1.29, 1.82) is 0 Å².